The Balaban J connectivity index is 0.00000225. The molecule has 0 atom stereocenters. The van der Waals surface area contributed by atoms with E-state index >= 15 is 0 Å². The summed E-state index contributed by atoms with van der Waals surface area (Å²) in [7, 11) is 0. The summed E-state index contributed by atoms with van der Waals surface area (Å²) in [4.78, 5) is 17.7. The highest BCUT2D eigenvalue weighted by Crippen LogP contribution is 2.36. The first-order valence-electron chi connectivity index (χ1n) is 9.34. The van der Waals surface area contributed by atoms with Gasteiger partial charge in [-0.05, 0) is 49.0 Å². The Bertz CT molecular complexity index is 973. The molecule has 3 rings (SSSR count). The van der Waals surface area contributed by atoms with Gasteiger partial charge in [-0.1, -0.05) is 67.7 Å². The monoisotopic (exact) mass is 483 g/mol. The number of amides is 1. The van der Waals surface area contributed by atoms with E-state index in [4.69, 9.17) is 22.9 Å². The molecule has 1 amide bonds. The van der Waals surface area contributed by atoms with E-state index in [0.717, 1.165) is 40.1 Å². The van der Waals surface area contributed by atoms with Crippen molar-refractivity contribution in [3.63, 3.8) is 0 Å². The Morgan fingerprint density at radius 1 is 1.20 bits per heavy atom. The summed E-state index contributed by atoms with van der Waals surface area (Å²) >= 11 is 6.42. The number of benzene rings is 1. The fraction of sp³-hybridized carbons (Fsp3) is 0.318. The smallest absolute Gasteiger partial charge is 0.263 e. The van der Waals surface area contributed by atoms with Crippen LogP contribution in [0.4, 0.5) is 0 Å². The molecule has 0 bridgehead atoms. The molecule has 1 fully saturated rings. The molecule has 1 saturated heterocycles. The van der Waals surface area contributed by atoms with E-state index in [9.17, 15) is 4.79 Å². The van der Waals surface area contributed by atoms with Crippen LogP contribution >= 0.6 is 48.8 Å². The second-order valence-corrected chi connectivity index (χ2v) is 9.15. The van der Waals surface area contributed by atoms with Crippen LogP contribution < -0.4 is 11.1 Å². The van der Waals surface area contributed by atoms with Gasteiger partial charge in [0.25, 0.3) is 5.91 Å². The number of nitrogens with two attached hydrogens (primary N) is 1. The molecule has 1 aliphatic rings. The number of thioether (sulfide) groups is 1. The number of rotatable bonds is 5. The first-order chi connectivity index (χ1) is 13.3. The minimum Gasteiger partial charge on any atom is -0.326 e. The number of hydrogen-bond acceptors (Lipinski definition) is 5. The van der Waals surface area contributed by atoms with Crippen LogP contribution in [0.5, 0.6) is 0 Å². The van der Waals surface area contributed by atoms with Gasteiger partial charge in [0.05, 0.1) is 4.91 Å². The first kappa shape index (κ1) is 26.6. The van der Waals surface area contributed by atoms with Crippen molar-refractivity contribution in [2.45, 2.75) is 40.7 Å². The highest BCUT2D eigenvalue weighted by molar-refractivity contribution is 8.26. The molecule has 30 heavy (non-hydrogen) atoms. The predicted octanol–water partition coefficient (Wildman–Crippen LogP) is 5.36. The maximum Gasteiger partial charge on any atom is 0.263 e. The summed E-state index contributed by atoms with van der Waals surface area (Å²) in [6, 6.07) is 8.40. The molecule has 162 valence electrons. The van der Waals surface area contributed by atoms with Gasteiger partial charge in [0, 0.05) is 23.5 Å². The number of hydrogen-bond donors (Lipinski definition) is 2. The molecule has 0 saturated carbocycles. The van der Waals surface area contributed by atoms with E-state index in [1.165, 1.54) is 17.3 Å². The van der Waals surface area contributed by atoms with Gasteiger partial charge in [-0.3, -0.25) is 9.78 Å². The van der Waals surface area contributed by atoms with Crippen molar-refractivity contribution >= 4 is 65.1 Å². The molecule has 4 nitrogen and oxygen atoms in total. The number of thiocarbonyl (C=S) groups is 1. The quantitative estimate of drug-likeness (QED) is 0.442. The minimum absolute atomic E-state index is 0. The van der Waals surface area contributed by atoms with Gasteiger partial charge in [0.1, 0.15) is 4.32 Å². The van der Waals surface area contributed by atoms with Gasteiger partial charge in [-0.15, -0.1) is 24.8 Å². The molecule has 2 heterocycles. The maximum atomic E-state index is 12.2. The third-order valence-electron chi connectivity index (χ3n) is 4.68. The molecular formula is C22H27Cl2N3OS2. The first-order valence-corrected chi connectivity index (χ1v) is 10.6. The van der Waals surface area contributed by atoms with E-state index < -0.39 is 0 Å². The zero-order valence-electron chi connectivity index (χ0n) is 17.4. The fourth-order valence-electron chi connectivity index (χ4n) is 3.37. The molecular weight excluding hydrogens is 457 g/mol. The number of aryl methyl sites for hydroxylation is 2. The Morgan fingerprint density at radius 3 is 2.33 bits per heavy atom. The SMILES string of the molecule is Cc1ccc(-c2c(C=C3SC(=S)NC3=O)c(C)nc(CC(C)C)c2CN)cc1.Cl.Cl. The molecule has 0 unspecified atom stereocenters. The van der Waals surface area contributed by atoms with Crippen molar-refractivity contribution < 1.29 is 4.79 Å². The number of carbonyl (C=O) groups is 1. The minimum atomic E-state index is -0.162. The lowest BCUT2D eigenvalue weighted by molar-refractivity contribution is -0.115. The summed E-state index contributed by atoms with van der Waals surface area (Å²) in [5.74, 6) is 0.311. The van der Waals surface area contributed by atoms with E-state index in [1.807, 2.05) is 13.0 Å². The van der Waals surface area contributed by atoms with Crippen LogP contribution in [0.1, 0.15) is 41.9 Å². The highest BCUT2D eigenvalue weighted by Gasteiger charge is 2.25. The third kappa shape index (κ3) is 5.83. The van der Waals surface area contributed by atoms with Crippen LogP contribution in [0.25, 0.3) is 17.2 Å². The van der Waals surface area contributed by atoms with Crippen LogP contribution in [0.2, 0.25) is 0 Å². The lowest BCUT2D eigenvalue weighted by Crippen LogP contribution is -2.17. The molecule has 0 spiro atoms. The summed E-state index contributed by atoms with van der Waals surface area (Å²) in [6.45, 7) is 8.81. The van der Waals surface area contributed by atoms with Crippen molar-refractivity contribution in [2.24, 2.45) is 11.7 Å². The Labute approximate surface area is 200 Å². The molecule has 1 aliphatic heterocycles. The zero-order valence-corrected chi connectivity index (χ0v) is 20.7. The number of nitrogens with one attached hydrogen (secondary N) is 1. The molecule has 0 radical (unpaired) electrons. The molecule has 1 aromatic carbocycles. The van der Waals surface area contributed by atoms with E-state index in [2.05, 4.69) is 50.4 Å². The molecule has 3 N–H and O–H groups in total. The average molecular weight is 485 g/mol. The molecule has 1 aromatic heterocycles. The Kier molecular flexibility index (Phi) is 9.98. The van der Waals surface area contributed by atoms with Gasteiger partial charge in [0.15, 0.2) is 0 Å². The standard InChI is InChI=1S/C22H25N3OS2.2ClH/c1-12(2)9-18-17(11-23)20(15-7-5-13(3)6-8-15)16(14(4)24-18)10-19-21(26)25-22(27)28-19;;/h5-8,10,12H,9,11,23H2,1-4H3,(H,25,26,27);2*1H. The van der Waals surface area contributed by atoms with E-state index in [1.54, 1.807) is 0 Å². The predicted molar refractivity (Wildman–Crippen MR) is 136 cm³/mol. The number of nitrogens with zero attached hydrogens (tertiary/aromatic N) is 1. The van der Waals surface area contributed by atoms with Crippen molar-refractivity contribution in [2.75, 3.05) is 0 Å². The lowest BCUT2D eigenvalue weighted by Gasteiger charge is -2.20. The van der Waals surface area contributed by atoms with Crippen LogP contribution in [-0.2, 0) is 17.8 Å². The summed E-state index contributed by atoms with van der Waals surface area (Å²) < 4.78 is 0.481. The zero-order chi connectivity index (χ0) is 20.4. The molecule has 8 heteroatoms. The Morgan fingerprint density at radius 2 is 1.83 bits per heavy atom. The van der Waals surface area contributed by atoms with Crippen LogP contribution in [0, 0.1) is 19.8 Å². The highest BCUT2D eigenvalue weighted by atomic mass is 35.5. The van der Waals surface area contributed by atoms with Gasteiger partial charge < -0.3 is 11.1 Å². The Hall–Kier alpha value is -1.44. The number of pyridine rings is 1. The normalized spacial score (nSPS) is 14.5. The number of aromatic nitrogens is 1. The fourth-order valence-corrected chi connectivity index (χ4v) is 4.40. The van der Waals surface area contributed by atoms with Crippen molar-refractivity contribution in [3.05, 3.63) is 57.2 Å². The van der Waals surface area contributed by atoms with E-state index in [0.29, 0.717) is 21.7 Å². The maximum absolute atomic E-state index is 12.2. The second kappa shape index (κ2) is 11.3. The van der Waals surface area contributed by atoms with Crippen molar-refractivity contribution in [1.29, 1.82) is 0 Å². The largest absolute Gasteiger partial charge is 0.326 e. The summed E-state index contributed by atoms with van der Waals surface area (Å²) in [6.07, 6.45) is 2.76. The van der Waals surface area contributed by atoms with E-state index in [-0.39, 0.29) is 30.7 Å². The molecule has 0 aliphatic carbocycles. The summed E-state index contributed by atoms with van der Waals surface area (Å²) in [5.41, 5.74) is 13.4. The number of carbonyl (C=O) groups excluding carboxylic acids is 1. The second-order valence-electron chi connectivity index (χ2n) is 7.43. The van der Waals surface area contributed by atoms with Gasteiger partial charge in [0.2, 0.25) is 0 Å². The van der Waals surface area contributed by atoms with Crippen LogP contribution in [0.15, 0.2) is 29.2 Å². The lowest BCUT2D eigenvalue weighted by atomic mass is 9.89. The van der Waals surface area contributed by atoms with Crippen LogP contribution in [-0.4, -0.2) is 15.2 Å². The summed E-state index contributed by atoms with van der Waals surface area (Å²) in [5, 5.41) is 2.68. The average Bonchev–Trinajstić information content (AvgIpc) is 2.94. The van der Waals surface area contributed by atoms with Gasteiger partial charge >= 0.3 is 0 Å². The third-order valence-corrected chi connectivity index (χ3v) is 5.84. The van der Waals surface area contributed by atoms with Gasteiger partial charge in [-0.2, -0.15) is 0 Å². The van der Waals surface area contributed by atoms with Crippen molar-refractivity contribution in [1.82, 2.24) is 10.3 Å². The topological polar surface area (TPSA) is 68.0 Å². The van der Waals surface area contributed by atoms with Gasteiger partial charge in [-0.25, -0.2) is 0 Å². The molecule has 2 aromatic rings. The number of halogens is 2. The van der Waals surface area contributed by atoms with Crippen molar-refractivity contribution in [3.8, 4) is 11.1 Å². The van der Waals surface area contributed by atoms with Crippen LogP contribution in [0.3, 0.4) is 0 Å².